The summed E-state index contributed by atoms with van der Waals surface area (Å²) in [6, 6.07) is 1.77. The predicted octanol–water partition coefficient (Wildman–Crippen LogP) is 4.18. The highest BCUT2D eigenvalue weighted by atomic mass is 35.5. The van der Waals surface area contributed by atoms with E-state index in [4.69, 9.17) is 16.3 Å². The number of nitrogens with zero attached hydrogens (tertiary/aromatic N) is 6. The molecule has 0 N–H and O–H groups in total. The van der Waals surface area contributed by atoms with Crippen LogP contribution in [0.25, 0.3) is 22.8 Å². The van der Waals surface area contributed by atoms with Gasteiger partial charge in [0.15, 0.2) is 22.4 Å². The standard InChI is InChI=1S/C20H21ClN6O/c1-2-3-4-5-9-14-24-17(21)16-19(25-14)27(15-10-6-7-13-28-15)20(26-16)18-22-11-8-12-23-18/h8,11-12,15H,2-4,6-7,10,13H2,1H3. The smallest absolute Gasteiger partial charge is 0.208 e. The molecular weight excluding hydrogens is 376 g/mol. The highest BCUT2D eigenvalue weighted by Gasteiger charge is 2.26. The monoisotopic (exact) mass is 396 g/mol. The summed E-state index contributed by atoms with van der Waals surface area (Å²) < 4.78 is 7.95. The van der Waals surface area contributed by atoms with E-state index in [-0.39, 0.29) is 11.4 Å². The first-order chi connectivity index (χ1) is 13.8. The van der Waals surface area contributed by atoms with Gasteiger partial charge in [-0.15, -0.1) is 0 Å². The van der Waals surface area contributed by atoms with Gasteiger partial charge in [-0.05, 0) is 37.7 Å². The molecular formula is C20H21ClN6O. The molecule has 144 valence electrons. The van der Waals surface area contributed by atoms with Gasteiger partial charge in [-0.2, -0.15) is 0 Å². The minimum atomic E-state index is -0.190. The number of unbranched alkanes of at least 4 members (excludes halogenated alkanes) is 2. The fourth-order valence-corrected chi connectivity index (χ4v) is 3.38. The van der Waals surface area contributed by atoms with E-state index < -0.39 is 0 Å². The van der Waals surface area contributed by atoms with E-state index in [2.05, 4.69) is 43.7 Å². The summed E-state index contributed by atoms with van der Waals surface area (Å²) in [5.41, 5.74) is 1.12. The second-order valence-corrected chi connectivity index (χ2v) is 6.97. The van der Waals surface area contributed by atoms with Crippen LogP contribution < -0.4 is 0 Å². The van der Waals surface area contributed by atoms with Gasteiger partial charge in [0.2, 0.25) is 5.82 Å². The van der Waals surface area contributed by atoms with Crippen molar-refractivity contribution in [2.24, 2.45) is 0 Å². The van der Waals surface area contributed by atoms with E-state index in [1.54, 1.807) is 18.5 Å². The Labute approximate surface area is 168 Å². The van der Waals surface area contributed by atoms with E-state index in [0.717, 1.165) is 38.5 Å². The van der Waals surface area contributed by atoms with E-state index in [0.29, 0.717) is 35.2 Å². The van der Waals surface area contributed by atoms with Crippen molar-refractivity contribution in [1.29, 1.82) is 0 Å². The van der Waals surface area contributed by atoms with Gasteiger partial charge in [0.25, 0.3) is 0 Å². The van der Waals surface area contributed by atoms with Crippen molar-refractivity contribution in [1.82, 2.24) is 29.5 Å². The maximum absolute atomic E-state index is 6.44. The summed E-state index contributed by atoms with van der Waals surface area (Å²) in [4.78, 5) is 22.3. The van der Waals surface area contributed by atoms with Crippen molar-refractivity contribution in [2.75, 3.05) is 6.61 Å². The van der Waals surface area contributed by atoms with Crippen LogP contribution in [-0.2, 0) is 4.74 Å². The third-order valence-electron chi connectivity index (χ3n) is 4.56. The van der Waals surface area contributed by atoms with E-state index in [9.17, 15) is 0 Å². The van der Waals surface area contributed by atoms with Crippen LogP contribution in [0.4, 0.5) is 0 Å². The van der Waals surface area contributed by atoms with E-state index in [1.165, 1.54) is 0 Å². The highest BCUT2D eigenvalue weighted by Crippen LogP contribution is 2.33. The maximum Gasteiger partial charge on any atom is 0.208 e. The number of aromatic nitrogens is 6. The third-order valence-corrected chi connectivity index (χ3v) is 4.83. The number of hydrogen-bond acceptors (Lipinski definition) is 6. The number of halogens is 1. The number of fused-ring (bicyclic) bond motifs is 1. The SMILES string of the molecule is CCCCC#Cc1nc(Cl)c2nc(-c3ncccn3)n(C3CCCCO3)c2n1. The quantitative estimate of drug-likeness (QED) is 0.374. The average Bonchev–Trinajstić information content (AvgIpc) is 3.13. The Morgan fingerprint density at radius 1 is 1.21 bits per heavy atom. The van der Waals surface area contributed by atoms with Crippen molar-refractivity contribution in [3.8, 4) is 23.5 Å². The van der Waals surface area contributed by atoms with Gasteiger partial charge in [0.05, 0.1) is 0 Å². The van der Waals surface area contributed by atoms with Gasteiger partial charge in [0, 0.05) is 25.4 Å². The van der Waals surface area contributed by atoms with Gasteiger partial charge in [-0.1, -0.05) is 30.9 Å². The zero-order valence-electron chi connectivity index (χ0n) is 15.7. The second-order valence-electron chi connectivity index (χ2n) is 6.61. The molecule has 0 spiro atoms. The molecule has 1 fully saturated rings. The Balaban J connectivity index is 1.86. The number of ether oxygens (including phenoxy) is 1. The first-order valence-corrected chi connectivity index (χ1v) is 9.99. The topological polar surface area (TPSA) is 78.6 Å². The van der Waals surface area contributed by atoms with E-state index >= 15 is 0 Å². The van der Waals surface area contributed by atoms with Gasteiger partial charge in [-0.25, -0.2) is 24.9 Å². The van der Waals surface area contributed by atoms with Gasteiger partial charge in [-0.3, -0.25) is 4.57 Å². The van der Waals surface area contributed by atoms with Gasteiger partial charge in [0.1, 0.15) is 11.7 Å². The second kappa shape index (κ2) is 8.63. The largest absolute Gasteiger partial charge is 0.358 e. The van der Waals surface area contributed by atoms with Crippen LogP contribution in [0.15, 0.2) is 18.5 Å². The molecule has 0 amide bonds. The molecule has 1 aliphatic heterocycles. The van der Waals surface area contributed by atoms with Crippen LogP contribution in [0.1, 0.15) is 57.5 Å². The minimum absolute atomic E-state index is 0.190. The molecule has 1 atom stereocenters. The fourth-order valence-electron chi connectivity index (χ4n) is 3.18. The van der Waals surface area contributed by atoms with Crippen LogP contribution >= 0.6 is 11.6 Å². The third kappa shape index (κ3) is 3.84. The number of hydrogen-bond donors (Lipinski definition) is 0. The molecule has 8 heteroatoms. The molecule has 1 aliphatic rings. The summed E-state index contributed by atoms with van der Waals surface area (Å²) in [5, 5.41) is 0.275. The molecule has 1 saturated heterocycles. The lowest BCUT2D eigenvalue weighted by molar-refractivity contribution is -0.0288. The summed E-state index contributed by atoms with van der Waals surface area (Å²) >= 11 is 6.44. The molecule has 0 aliphatic carbocycles. The molecule has 3 aromatic heterocycles. The normalized spacial score (nSPS) is 16.7. The predicted molar refractivity (Wildman–Crippen MR) is 107 cm³/mol. The van der Waals surface area contributed by atoms with Crippen molar-refractivity contribution < 1.29 is 4.74 Å². The lowest BCUT2D eigenvalue weighted by Crippen LogP contribution is -2.19. The van der Waals surface area contributed by atoms with Crippen LogP contribution in [0.5, 0.6) is 0 Å². The van der Waals surface area contributed by atoms with Crippen molar-refractivity contribution in [3.63, 3.8) is 0 Å². The zero-order valence-corrected chi connectivity index (χ0v) is 16.5. The van der Waals surface area contributed by atoms with Gasteiger partial charge >= 0.3 is 0 Å². The first kappa shape index (κ1) is 18.8. The molecule has 7 nitrogen and oxygen atoms in total. The summed E-state index contributed by atoms with van der Waals surface area (Å²) in [6.07, 6.45) is 9.12. The van der Waals surface area contributed by atoms with Crippen molar-refractivity contribution in [3.05, 3.63) is 29.4 Å². The highest BCUT2D eigenvalue weighted by molar-refractivity contribution is 6.33. The summed E-state index contributed by atoms with van der Waals surface area (Å²) in [7, 11) is 0. The minimum Gasteiger partial charge on any atom is -0.358 e. The average molecular weight is 397 g/mol. The Bertz CT molecular complexity index is 1020. The molecule has 0 bridgehead atoms. The molecule has 0 radical (unpaired) electrons. The van der Waals surface area contributed by atoms with Crippen molar-refractivity contribution in [2.45, 2.75) is 51.7 Å². The van der Waals surface area contributed by atoms with Crippen LogP contribution in [0.3, 0.4) is 0 Å². The van der Waals surface area contributed by atoms with Gasteiger partial charge < -0.3 is 4.74 Å². The Morgan fingerprint density at radius 2 is 2.07 bits per heavy atom. The Hall–Kier alpha value is -2.56. The summed E-state index contributed by atoms with van der Waals surface area (Å²) in [5.74, 6) is 7.61. The molecule has 0 aromatic carbocycles. The Morgan fingerprint density at radius 3 is 2.82 bits per heavy atom. The fraction of sp³-hybridized carbons (Fsp3) is 0.450. The molecule has 4 heterocycles. The zero-order chi connectivity index (χ0) is 19.3. The molecule has 1 unspecified atom stereocenters. The first-order valence-electron chi connectivity index (χ1n) is 9.61. The molecule has 3 aromatic rings. The maximum atomic E-state index is 6.44. The van der Waals surface area contributed by atoms with Crippen LogP contribution in [0.2, 0.25) is 5.15 Å². The van der Waals surface area contributed by atoms with Crippen molar-refractivity contribution >= 4 is 22.8 Å². The lowest BCUT2D eigenvalue weighted by Gasteiger charge is -2.25. The van der Waals surface area contributed by atoms with Crippen LogP contribution in [0, 0.1) is 11.8 Å². The Kier molecular flexibility index (Phi) is 5.79. The summed E-state index contributed by atoms with van der Waals surface area (Å²) in [6.45, 7) is 2.83. The number of rotatable bonds is 4. The molecule has 28 heavy (non-hydrogen) atoms. The van der Waals surface area contributed by atoms with E-state index in [1.807, 2.05) is 4.57 Å². The lowest BCUT2D eigenvalue weighted by atomic mass is 10.2. The molecule has 4 rings (SSSR count). The number of imidazole rings is 1. The molecule has 0 saturated carbocycles. The van der Waals surface area contributed by atoms with Crippen LogP contribution in [-0.4, -0.2) is 36.1 Å².